The zero-order chi connectivity index (χ0) is 15.6. The predicted octanol–water partition coefficient (Wildman–Crippen LogP) is 1.56. The summed E-state index contributed by atoms with van der Waals surface area (Å²) in [6.45, 7) is 5.43. The lowest BCUT2D eigenvalue weighted by Gasteiger charge is -2.41. The van der Waals surface area contributed by atoms with Crippen molar-refractivity contribution in [1.82, 2.24) is 15.1 Å². The van der Waals surface area contributed by atoms with Crippen LogP contribution in [-0.2, 0) is 4.79 Å². The molecule has 1 atom stereocenters. The number of carbonyl (C=O) groups is 2. The summed E-state index contributed by atoms with van der Waals surface area (Å²) in [5.74, 6) is 0.269. The van der Waals surface area contributed by atoms with Gasteiger partial charge in [0.2, 0.25) is 5.91 Å². The van der Waals surface area contributed by atoms with Gasteiger partial charge in [-0.05, 0) is 44.2 Å². The quantitative estimate of drug-likeness (QED) is 0.899. The number of thiophene rings is 1. The molecular formula is C16H23N3O2S. The van der Waals surface area contributed by atoms with E-state index in [9.17, 15) is 9.59 Å². The molecule has 2 amide bonds. The summed E-state index contributed by atoms with van der Waals surface area (Å²) < 4.78 is 0. The van der Waals surface area contributed by atoms with Crippen molar-refractivity contribution < 1.29 is 9.59 Å². The third-order valence-electron chi connectivity index (χ3n) is 4.71. The summed E-state index contributed by atoms with van der Waals surface area (Å²) in [4.78, 5) is 28.8. The second kappa shape index (κ2) is 6.38. The predicted molar refractivity (Wildman–Crippen MR) is 87.1 cm³/mol. The highest BCUT2D eigenvalue weighted by molar-refractivity contribution is 7.08. The molecule has 6 heteroatoms. The monoisotopic (exact) mass is 321 g/mol. The molecule has 2 saturated heterocycles. The average Bonchev–Trinajstić information content (AvgIpc) is 3.09. The van der Waals surface area contributed by atoms with E-state index >= 15 is 0 Å². The normalized spacial score (nSPS) is 26.0. The smallest absolute Gasteiger partial charge is 0.254 e. The lowest BCUT2D eigenvalue weighted by atomic mass is 9.89. The minimum Gasteiger partial charge on any atom is -0.338 e. The summed E-state index contributed by atoms with van der Waals surface area (Å²) in [5.41, 5.74) is 0.336. The fraction of sp³-hybridized carbons (Fsp3) is 0.625. The van der Waals surface area contributed by atoms with Crippen LogP contribution >= 0.6 is 11.3 Å². The van der Waals surface area contributed by atoms with Gasteiger partial charge in [-0.25, -0.2) is 0 Å². The van der Waals surface area contributed by atoms with E-state index in [1.54, 1.807) is 0 Å². The maximum Gasteiger partial charge on any atom is 0.254 e. The van der Waals surface area contributed by atoms with E-state index in [0.717, 1.165) is 31.4 Å². The van der Waals surface area contributed by atoms with E-state index in [1.807, 2.05) is 33.6 Å². The Morgan fingerprint density at radius 3 is 2.50 bits per heavy atom. The van der Waals surface area contributed by atoms with Crippen LogP contribution in [0.2, 0.25) is 0 Å². The Morgan fingerprint density at radius 1 is 1.18 bits per heavy atom. The van der Waals surface area contributed by atoms with Crippen LogP contribution in [0.3, 0.4) is 0 Å². The molecule has 5 nitrogen and oxygen atoms in total. The largest absolute Gasteiger partial charge is 0.338 e. The van der Waals surface area contributed by atoms with Crippen molar-refractivity contribution in [3.63, 3.8) is 0 Å². The Kier molecular flexibility index (Phi) is 4.49. The minimum absolute atomic E-state index is 0.0790. The molecule has 0 aromatic carbocycles. The number of nitrogens with one attached hydrogen (secondary N) is 1. The van der Waals surface area contributed by atoms with E-state index in [4.69, 9.17) is 0 Å². The molecule has 0 saturated carbocycles. The Hall–Kier alpha value is -1.40. The topological polar surface area (TPSA) is 52.7 Å². The molecule has 2 aliphatic rings. The molecule has 0 radical (unpaired) electrons. The number of rotatable bonds is 2. The van der Waals surface area contributed by atoms with E-state index in [1.165, 1.54) is 11.3 Å². The van der Waals surface area contributed by atoms with Crippen molar-refractivity contribution in [1.29, 1.82) is 0 Å². The molecular weight excluding hydrogens is 298 g/mol. The van der Waals surface area contributed by atoms with Gasteiger partial charge in [0.25, 0.3) is 5.91 Å². The number of hydrogen-bond donors (Lipinski definition) is 1. The van der Waals surface area contributed by atoms with Crippen LogP contribution in [0.1, 0.15) is 36.5 Å². The van der Waals surface area contributed by atoms with Crippen molar-refractivity contribution in [2.24, 2.45) is 0 Å². The molecule has 1 unspecified atom stereocenters. The molecule has 0 aliphatic carbocycles. The highest BCUT2D eigenvalue weighted by Crippen LogP contribution is 2.22. The van der Waals surface area contributed by atoms with Crippen LogP contribution in [-0.4, -0.2) is 59.9 Å². The highest BCUT2D eigenvalue weighted by Gasteiger charge is 2.38. The first-order chi connectivity index (χ1) is 10.6. The fourth-order valence-corrected chi connectivity index (χ4v) is 3.90. The fourth-order valence-electron chi connectivity index (χ4n) is 3.27. The Labute approximate surface area is 135 Å². The second-order valence-corrected chi connectivity index (χ2v) is 7.09. The average molecular weight is 321 g/mol. The lowest BCUT2D eigenvalue weighted by molar-refractivity contribution is -0.140. The van der Waals surface area contributed by atoms with E-state index in [-0.39, 0.29) is 11.8 Å². The summed E-state index contributed by atoms with van der Waals surface area (Å²) in [6.07, 6.45) is 3.15. The lowest BCUT2D eigenvalue weighted by Crippen LogP contribution is -2.61. The van der Waals surface area contributed by atoms with Crippen LogP contribution in [0.15, 0.2) is 16.8 Å². The molecule has 2 fully saturated rings. The third kappa shape index (κ3) is 3.03. The van der Waals surface area contributed by atoms with Gasteiger partial charge in [0.15, 0.2) is 0 Å². The van der Waals surface area contributed by atoms with Gasteiger partial charge in [-0.2, -0.15) is 11.3 Å². The molecule has 3 heterocycles. The standard InChI is InChI=1S/C16H23N3O2S/c1-16(5-2-3-6-17-16)15(21)19-9-7-18(8-10-19)14(20)13-4-11-22-12-13/h4,11-12,17H,2-3,5-10H2,1H3. The van der Waals surface area contributed by atoms with Crippen LogP contribution in [0.4, 0.5) is 0 Å². The summed E-state index contributed by atoms with van der Waals surface area (Å²) >= 11 is 1.54. The van der Waals surface area contributed by atoms with Crippen molar-refractivity contribution in [3.05, 3.63) is 22.4 Å². The number of amides is 2. The maximum absolute atomic E-state index is 12.7. The van der Waals surface area contributed by atoms with E-state index in [2.05, 4.69) is 5.32 Å². The molecule has 0 spiro atoms. The second-order valence-electron chi connectivity index (χ2n) is 6.31. The van der Waals surface area contributed by atoms with Crippen molar-refractivity contribution >= 4 is 23.2 Å². The summed E-state index contributed by atoms with van der Waals surface area (Å²) in [5, 5.41) is 7.18. The number of hydrogen-bond acceptors (Lipinski definition) is 4. The molecule has 120 valence electrons. The third-order valence-corrected chi connectivity index (χ3v) is 5.40. The maximum atomic E-state index is 12.7. The molecule has 22 heavy (non-hydrogen) atoms. The van der Waals surface area contributed by atoms with E-state index in [0.29, 0.717) is 26.2 Å². The van der Waals surface area contributed by atoms with Crippen LogP contribution in [0.25, 0.3) is 0 Å². The van der Waals surface area contributed by atoms with Crippen molar-refractivity contribution in [2.75, 3.05) is 32.7 Å². The van der Waals surface area contributed by atoms with Gasteiger partial charge in [-0.1, -0.05) is 0 Å². The van der Waals surface area contributed by atoms with Gasteiger partial charge in [-0.15, -0.1) is 0 Å². The summed E-state index contributed by atoms with van der Waals surface area (Å²) in [7, 11) is 0. The van der Waals surface area contributed by atoms with Gasteiger partial charge < -0.3 is 15.1 Å². The van der Waals surface area contributed by atoms with Gasteiger partial charge in [0.05, 0.1) is 11.1 Å². The SMILES string of the molecule is CC1(C(=O)N2CCN(C(=O)c3ccsc3)CC2)CCCCN1. The van der Waals surface area contributed by atoms with Gasteiger partial charge in [0, 0.05) is 31.6 Å². The number of piperazine rings is 1. The molecule has 1 N–H and O–H groups in total. The Bertz CT molecular complexity index is 530. The molecule has 3 rings (SSSR count). The zero-order valence-electron chi connectivity index (χ0n) is 13.0. The van der Waals surface area contributed by atoms with Crippen LogP contribution in [0.5, 0.6) is 0 Å². The number of carbonyl (C=O) groups excluding carboxylic acids is 2. The molecule has 1 aromatic rings. The molecule has 1 aromatic heterocycles. The van der Waals surface area contributed by atoms with Gasteiger partial charge in [-0.3, -0.25) is 9.59 Å². The summed E-state index contributed by atoms with van der Waals surface area (Å²) in [6, 6.07) is 1.86. The molecule has 2 aliphatic heterocycles. The number of piperidine rings is 1. The Morgan fingerprint density at radius 2 is 1.91 bits per heavy atom. The van der Waals surface area contributed by atoms with Gasteiger partial charge >= 0.3 is 0 Å². The zero-order valence-corrected chi connectivity index (χ0v) is 13.8. The van der Waals surface area contributed by atoms with Crippen LogP contribution < -0.4 is 5.32 Å². The molecule has 0 bridgehead atoms. The van der Waals surface area contributed by atoms with Gasteiger partial charge in [0.1, 0.15) is 0 Å². The first-order valence-electron chi connectivity index (χ1n) is 7.96. The number of nitrogens with zero attached hydrogens (tertiary/aromatic N) is 2. The van der Waals surface area contributed by atoms with Crippen LogP contribution in [0, 0.1) is 0 Å². The Balaban J connectivity index is 1.57. The minimum atomic E-state index is -0.419. The van der Waals surface area contributed by atoms with Crippen molar-refractivity contribution in [2.45, 2.75) is 31.7 Å². The van der Waals surface area contributed by atoms with Crippen molar-refractivity contribution in [3.8, 4) is 0 Å². The first kappa shape index (κ1) is 15.5. The first-order valence-corrected chi connectivity index (χ1v) is 8.90. The van der Waals surface area contributed by atoms with E-state index < -0.39 is 5.54 Å². The highest BCUT2D eigenvalue weighted by atomic mass is 32.1.